The monoisotopic (exact) mass is 338 g/mol. The lowest BCUT2D eigenvalue weighted by molar-refractivity contribution is -0.133. The van der Waals surface area contributed by atoms with Crippen LogP contribution in [-0.2, 0) is 11.2 Å². The third-order valence-corrected chi connectivity index (χ3v) is 4.51. The molecule has 1 fully saturated rings. The van der Waals surface area contributed by atoms with Crippen LogP contribution in [0.1, 0.15) is 25.3 Å². The summed E-state index contributed by atoms with van der Waals surface area (Å²) < 4.78 is 18.6. The van der Waals surface area contributed by atoms with Gasteiger partial charge in [0.15, 0.2) is 11.6 Å². The number of β-amino-alcohol motifs (C(OH)–C–C–N with tert-alkyl or cyclic N) is 1. The van der Waals surface area contributed by atoms with Gasteiger partial charge < -0.3 is 14.7 Å². The number of hydrogen-bond donors (Lipinski definition) is 1. The van der Waals surface area contributed by atoms with Gasteiger partial charge in [-0.25, -0.2) is 4.39 Å². The molecule has 1 aromatic rings. The van der Waals surface area contributed by atoms with E-state index < -0.39 is 5.82 Å². The molecule has 1 aromatic carbocycles. The maximum absolute atomic E-state index is 13.7. The summed E-state index contributed by atoms with van der Waals surface area (Å²) in [5.41, 5.74) is 0.798. The van der Waals surface area contributed by atoms with Gasteiger partial charge in [-0.15, -0.1) is 0 Å². The summed E-state index contributed by atoms with van der Waals surface area (Å²) >= 11 is 0. The Hall–Kier alpha value is -1.66. The highest BCUT2D eigenvalue weighted by Crippen LogP contribution is 2.19. The molecule has 1 aliphatic heterocycles. The van der Waals surface area contributed by atoms with Gasteiger partial charge in [0.25, 0.3) is 0 Å². The molecule has 1 heterocycles. The van der Waals surface area contributed by atoms with Gasteiger partial charge in [0, 0.05) is 39.1 Å². The van der Waals surface area contributed by atoms with Crippen LogP contribution in [-0.4, -0.2) is 66.8 Å². The van der Waals surface area contributed by atoms with Crippen LogP contribution in [0.3, 0.4) is 0 Å². The number of aliphatic hydroxyl groups is 1. The molecule has 0 radical (unpaired) electrons. The highest BCUT2D eigenvalue weighted by molar-refractivity contribution is 5.76. The number of piperazine rings is 1. The largest absolute Gasteiger partial charge is 0.494 e. The second-order valence-electron chi connectivity index (χ2n) is 6.21. The maximum Gasteiger partial charge on any atom is 0.222 e. The molecule has 1 atom stereocenters. The number of benzene rings is 1. The van der Waals surface area contributed by atoms with E-state index in [4.69, 9.17) is 4.74 Å². The summed E-state index contributed by atoms with van der Waals surface area (Å²) in [5, 5.41) is 9.69. The molecule has 1 N–H and O–H groups in total. The fraction of sp³-hybridized carbons (Fsp3) is 0.611. The first-order valence-corrected chi connectivity index (χ1v) is 8.54. The van der Waals surface area contributed by atoms with E-state index in [9.17, 15) is 14.3 Å². The lowest BCUT2D eigenvalue weighted by Gasteiger charge is -2.35. The predicted molar refractivity (Wildman–Crippen MR) is 90.6 cm³/mol. The van der Waals surface area contributed by atoms with E-state index >= 15 is 0 Å². The van der Waals surface area contributed by atoms with Crippen LogP contribution in [0.2, 0.25) is 0 Å². The van der Waals surface area contributed by atoms with Crippen molar-refractivity contribution in [3.05, 3.63) is 29.6 Å². The number of carbonyl (C=O) groups is 1. The van der Waals surface area contributed by atoms with Crippen molar-refractivity contribution in [2.45, 2.75) is 32.3 Å². The zero-order valence-corrected chi connectivity index (χ0v) is 14.5. The van der Waals surface area contributed by atoms with Crippen LogP contribution in [0, 0.1) is 5.82 Å². The molecule has 0 aliphatic carbocycles. The summed E-state index contributed by atoms with van der Waals surface area (Å²) in [5.74, 6) is -0.0806. The van der Waals surface area contributed by atoms with Crippen LogP contribution in [0.25, 0.3) is 0 Å². The van der Waals surface area contributed by atoms with Crippen LogP contribution in [0.5, 0.6) is 5.75 Å². The Bertz CT molecular complexity index is 545. The van der Waals surface area contributed by atoms with E-state index in [1.54, 1.807) is 12.1 Å². The average Bonchev–Trinajstić information content (AvgIpc) is 2.60. The van der Waals surface area contributed by atoms with Gasteiger partial charge >= 0.3 is 0 Å². The SMILES string of the molecule is CCC(O)CN1CCN(C(=O)CCc2ccc(OC)c(F)c2)CC1. The first-order chi connectivity index (χ1) is 11.5. The normalized spacial score (nSPS) is 16.9. The molecule has 1 amide bonds. The minimum Gasteiger partial charge on any atom is -0.494 e. The third-order valence-electron chi connectivity index (χ3n) is 4.51. The molecule has 24 heavy (non-hydrogen) atoms. The van der Waals surface area contributed by atoms with E-state index in [-0.39, 0.29) is 17.8 Å². The number of halogens is 1. The molecule has 5 nitrogen and oxygen atoms in total. The number of carbonyl (C=O) groups excluding carboxylic acids is 1. The molecule has 1 saturated heterocycles. The van der Waals surface area contributed by atoms with Crippen LogP contribution in [0.15, 0.2) is 18.2 Å². The van der Waals surface area contributed by atoms with Gasteiger partial charge in [0.05, 0.1) is 13.2 Å². The number of hydrogen-bond acceptors (Lipinski definition) is 4. The summed E-state index contributed by atoms with van der Waals surface area (Å²) in [4.78, 5) is 16.4. The number of aryl methyl sites for hydroxylation is 1. The first-order valence-electron chi connectivity index (χ1n) is 8.54. The number of amides is 1. The van der Waals surface area contributed by atoms with Gasteiger partial charge in [0.1, 0.15) is 0 Å². The summed E-state index contributed by atoms with van der Waals surface area (Å²) in [6, 6.07) is 4.81. The standard InChI is InChI=1S/C18H27FN2O3/c1-3-15(22)13-20-8-10-21(11-9-20)18(23)7-5-14-4-6-17(24-2)16(19)12-14/h4,6,12,15,22H,3,5,7-11,13H2,1-2H3. The molecular formula is C18H27FN2O3. The van der Waals surface area contributed by atoms with Crippen LogP contribution in [0.4, 0.5) is 4.39 Å². The Morgan fingerprint density at radius 1 is 1.33 bits per heavy atom. The molecule has 0 aromatic heterocycles. The van der Waals surface area contributed by atoms with Gasteiger partial charge in [-0.1, -0.05) is 13.0 Å². The Labute approximate surface area is 143 Å². The zero-order valence-electron chi connectivity index (χ0n) is 14.5. The van der Waals surface area contributed by atoms with Crippen molar-refractivity contribution in [2.24, 2.45) is 0 Å². The van der Waals surface area contributed by atoms with Gasteiger partial charge in [-0.2, -0.15) is 0 Å². The molecule has 1 aliphatic rings. The Balaban J connectivity index is 1.76. The van der Waals surface area contributed by atoms with Crippen LogP contribution >= 0.6 is 0 Å². The van der Waals surface area contributed by atoms with Gasteiger partial charge in [-0.3, -0.25) is 9.69 Å². The molecule has 2 rings (SSSR count). The average molecular weight is 338 g/mol. The number of aliphatic hydroxyl groups excluding tert-OH is 1. The Morgan fingerprint density at radius 2 is 2.04 bits per heavy atom. The third kappa shape index (κ3) is 5.18. The number of nitrogens with zero attached hydrogens (tertiary/aromatic N) is 2. The topological polar surface area (TPSA) is 53.0 Å². The maximum atomic E-state index is 13.7. The fourth-order valence-electron chi connectivity index (χ4n) is 2.88. The van der Waals surface area contributed by atoms with Crippen molar-refractivity contribution < 1.29 is 19.0 Å². The number of methoxy groups -OCH3 is 1. The lowest BCUT2D eigenvalue weighted by Crippen LogP contribution is -2.50. The van der Waals surface area contributed by atoms with E-state index in [1.165, 1.54) is 13.2 Å². The molecular weight excluding hydrogens is 311 g/mol. The van der Waals surface area contributed by atoms with E-state index in [0.717, 1.165) is 25.1 Å². The second kappa shape index (κ2) is 8.99. The number of rotatable bonds is 7. The smallest absolute Gasteiger partial charge is 0.222 e. The first kappa shape index (κ1) is 18.7. The fourth-order valence-corrected chi connectivity index (χ4v) is 2.88. The minimum atomic E-state index is -0.398. The van der Waals surface area contributed by atoms with E-state index in [2.05, 4.69) is 4.90 Å². The molecule has 1 unspecified atom stereocenters. The molecule has 134 valence electrons. The van der Waals surface area contributed by atoms with Crippen molar-refractivity contribution in [3.63, 3.8) is 0 Å². The van der Waals surface area contributed by atoms with Crippen LogP contribution < -0.4 is 4.74 Å². The van der Waals surface area contributed by atoms with E-state index in [1.807, 2.05) is 11.8 Å². The van der Waals surface area contributed by atoms with Gasteiger partial charge in [-0.05, 0) is 30.5 Å². The zero-order chi connectivity index (χ0) is 17.5. The molecule has 6 heteroatoms. The summed E-state index contributed by atoms with van der Waals surface area (Å²) in [6.07, 6.45) is 1.35. The number of ether oxygens (including phenoxy) is 1. The minimum absolute atomic E-state index is 0.0990. The van der Waals surface area contributed by atoms with Gasteiger partial charge in [0.2, 0.25) is 5.91 Å². The molecule has 0 bridgehead atoms. The van der Waals surface area contributed by atoms with Crippen molar-refractivity contribution in [1.82, 2.24) is 9.80 Å². The molecule has 0 saturated carbocycles. The highest BCUT2D eigenvalue weighted by Gasteiger charge is 2.22. The van der Waals surface area contributed by atoms with Crippen molar-refractivity contribution in [1.29, 1.82) is 0 Å². The lowest BCUT2D eigenvalue weighted by atomic mass is 10.1. The van der Waals surface area contributed by atoms with Crippen molar-refractivity contribution >= 4 is 5.91 Å². The summed E-state index contributed by atoms with van der Waals surface area (Å²) in [6.45, 7) is 5.59. The predicted octanol–water partition coefficient (Wildman–Crippen LogP) is 1.68. The summed E-state index contributed by atoms with van der Waals surface area (Å²) in [7, 11) is 1.43. The van der Waals surface area contributed by atoms with E-state index in [0.29, 0.717) is 32.5 Å². The Morgan fingerprint density at radius 3 is 2.62 bits per heavy atom. The highest BCUT2D eigenvalue weighted by atomic mass is 19.1. The second-order valence-corrected chi connectivity index (χ2v) is 6.21. The molecule has 0 spiro atoms. The van der Waals surface area contributed by atoms with Crippen molar-refractivity contribution in [2.75, 3.05) is 39.8 Å². The Kier molecular flexibility index (Phi) is 6.99. The van der Waals surface area contributed by atoms with Crippen molar-refractivity contribution in [3.8, 4) is 5.75 Å². The quantitative estimate of drug-likeness (QED) is 0.822.